The lowest BCUT2D eigenvalue weighted by Gasteiger charge is -2.31. The first-order valence-corrected chi connectivity index (χ1v) is 8.94. The van der Waals surface area contributed by atoms with Crippen LogP contribution in [-0.2, 0) is 6.54 Å². The third-order valence-electron chi connectivity index (χ3n) is 4.04. The normalized spacial score (nSPS) is 12.0. The predicted molar refractivity (Wildman–Crippen MR) is 97.2 cm³/mol. The fourth-order valence-electron chi connectivity index (χ4n) is 2.42. The molecule has 0 bridgehead atoms. The second kappa shape index (κ2) is 8.14. The van der Waals surface area contributed by atoms with Crippen LogP contribution in [0.4, 0.5) is 5.69 Å². The zero-order valence-electron chi connectivity index (χ0n) is 13.9. The van der Waals surface area contributed by atoms with Crippen molar-refractivity contribution in [2.24, 2.45) is 0 Å². The molecule has 0 aliphatic rings. The van der Waals surface area contributed by atoms with Crippen LogP contribution < -0.4 is 9.64 Å². The zero-order chi connectivity index (χ0) is 15.9. The fourth-order valence-corrected chi connectivity index (χ4v) is 2.83. The minimum Gasteiger partial charge on any atom is -0.497 e. The lowest BCUT2D eigenvalue weighted by molar-refractivity contribution is 0.414. The van der Waals surface area contributed by atoms with Crippen LogP contribution in [-0.4, -0.2) is 19.4 Å². The summed E-state index contributed by atoms with van der Waals surface area (Å²) in [6.45, 7) is 5.44. The van der Waals surface area contributed by atoms with E-state index < -0.39 is 0 Å². The Morgan fingerprint density at radius 3 is 2.18 bits per heavy atom. The summed E-state index contributed by atoms with van der Waals surface area (Å²) in [6, 6.07) is 17.7. The summed E-state index contributed by atoms with van der Waals surface area (Å²) in [5, 5.41) is 0. The van der Waals surface area contributed by atoms with Crippen molar-refractivity contribution in [3.63, 3.8) is 0 Å². The summed E-state index contributed by atoms with van der Waals surface area (Å²) >= 11 is 1.78. The molecule has 1 atom stereocenters. The average molecular weight is 315 g/mol. The predicted octanol–water partition coefficient (Wildman–Crippen LogP) is 5.22. The Bertz CT molecular complexity index is 565. The fraction of sp³-hybridized carbons (Fsp3) is 0.368. The van der Waals surface area contributed by atoms with Crippen LogP contribution in [0.5, 0.6) is 5.75 Å². The van der Waals surface area contributed by atoms with Gasteiger partial charge in [0.25, 0.3) is 0 Å². The molecular formula is C19H25NOS. The van der Waals surface area contributed by atoms with Gasteiger partial charge < -0.3 is 9.64 Å². The molecule has 22 heavy (non-hydrogen) atoms. The van der Waals surface area contributed by atoms with Crippen LogP contribution in [0.2, 0.25) is 0 Å². The number of anilines is 1. The van der Waals surface area contributed by atoms with Crippen LogP contribution in [0.3, 0.4) is 0 Å². The molecule has 2 nitrogen and oxygen atoms in total. The Kier molecular flexibility index (Phi) is 6.20. The van der Waals surface area contributed by atoms with Crippen molar-refractivity contribution in [3.8, 4) is 5.75 Å². The third-order valence-corrected chi connectivity index (χ3v) is 4.78. The first-order chi connectivity index (χ1) is 10.7. The molecule has 118 valence electrons. The van der Waals surface area contributed by atoms with Gasteiger partial charge in [-0.1, -0.05) is 19.1 Å². The molecule has 0 N–H and O–H groups in total. The number of hydrogen-bond donors (Lipinski definition) is 0. The highest BCUT2D eigenvalue weighted by Crippen LogP contribution is 2.25. The molecule has 0 spiro atoms. The van der Waals surface area contributed by atoms with Crippen LogP contribution in [0.25, 0.3) is 0 Å². The molecular weight excluding hydrogens is 290 g/mol. The maximum absolute atomic E-state index is 5.26. The summed E-state index contributed by atoms with van der Waals surface area (Å²) in [5.74, 6) is 0.900. The van der Waals surface area contributed by atoms with Crippen molar-refractivity contribution in [2.75, 3.05) is 18.3 Å². The van der Waals surface area contributed by atoms with Gasteiger partial charge in [0.05, 0.1) is 7.11 Å². The molecule has 0 radical (unpaired) electrons. The molecule has 0 aromatic heterocycles. The summed E-state index contributed by atoms with van der Waals surface area (Å²) < 4.78 is 5.26. The van der Waals surface area contributed by atoms with Gasteiger partial charge in [-0.15, -0.1) is 11.8 Å². The van der Waals surface area contributed by atoms with Crippen LogP contribution in [0, 0.1) is 0 Å². The smallest absolute Gasteiger partial charge is 0.119 e. The SMILES string of the molecule is CCC(C)N(Cc1ccc(SC)cc1)c1ccc(OC)cc1. The van der Waals surface area contributed by atoms with Crippen LogP contribution in [0.1, 0.15) is 25.8 Å². The Balaban J connectivity index is 2.20. The minimum atomic E-state index is 0.494. The van der Waals surface area contributed by atoms with Crippen LogP contribution in [0.15, 0.2) is 53.4 Å². The number of thioether (sulfide) groups is 1. The summed E-state index contributed by atoms with van der Waals surface area (Å²) in [6.07, 6.45) is 3.23. The molecule has 0 saturated carbocycles. The maximum atomic E-state index is 5.26. The van der Waals surface area contributed by atoms with Gasteiger partial charge >= 0.3 is 0 Å². The molecule has 0 fully saturated rings. The highest BCUT2D eigenvalue weighted by atomic mass is 32.2. The van der Waals surface area contributed by atoms with E-state index in [-0.39, 0.29) is 0 Å². The Hall–Kier alpha value is -1.61. The quantitative estimate of drug-likeness (QED) is 0.650. The van der Waals surface area contributed by atoms with Gasteiger partial charge in [0.1, 0.15) is 5.75 Å². The highest BCUT2D eigenvalue weighted by Gasteiger charge is 2.13. The molecule has 1 unspecified atom stereocenters. The van der Waals surface area contributed by atoms with E-state index in [1.165, 1.54) is 16.1 Å². The van der Waals surface area contributed by atoms with Crippen LogP contribution >= 0.6 is 11.8 Å². The lowest BCUT2D eigenvalue weighted by atomic mass is 10.1. The molecule has 0 heterocycles. The van der Waals surface area contributed by atoms with Crippen molar-refractivity contribution in [1.82, 2.24) is 0 Å². The molecule has 0 amide bonds. The molecule has 0 aliphatic heterocycles. The maximum Gasteiger partial charge on any atom is 0.119 e. The number of rotatable bonds is 7. The third kappa shape index (κ3) is 4.20. The lowest BCUT2D eigenvalue weighted by Crippen LogP contribution is -2.31. The van der Waals surface area contributed by atoms with Crippen molar-refractivity contribution in [2.45, 2.75) is 37.8 Å². The van der Waals surface area contributed by atoms with E-state index in [0.29, 0.717) is 6.04 Å². The van der Waals surface area contributed by atoms with Gasteiger partial charge in [0.2, 0.25) is 0 Å². The number of nitrogens with zero attached hydrogens (tertiary/aromatic N) is 1. The van der Waals surface area contributed by atoms with Gasteiger partial charge in [-0.2, -0.15) is 0 Å². The average Bonchev–Trinajstić information content (AvgIpc) is 2.59. The Labute approximate surface area is 138 Å². The molecule has 2 aromatic carbocycles. The van der Waals surface area contributed by atoms with E-state index in [2.05, 4.69) is 61.4 Å². The first kappa shape index (κ1) is 16.8. The van der Waals surface area contributed by atoms with E-state index in [1.807, 2.05) is 12.1 Å². The summed E-state index contributed by atoms with van der Waals surface area (Å²) in [4.78, 5) is 3.76. The number of benzene rings is 2. The van der Waals surface area contributed by atoms with Crippen molar-refractivity contribution < 1.29 is 4.74 Å². The summed E-state index contributed by atoms with van der Waals surface area (Å²) in [7, 11) is 1.70. The zero-order valence-corrected chi connectivity index (χ0v) is 14.7. The molecule has 3 heteroatoms. The summed E-state index contributed by atoms with van der Waals surface area (Å²) in [5.41, 5.74) is 2.58. The van der Waals surface area contributed by atoms with E-state index in [1.54, 1.807) is 18.9 Å². The number of hydrogen-bond acceptors (Lipinski definition) is 3. The highest BCUT2D eigenvalue weighted by molar-refractivity contribution is 7.98. The van der Waals surface area contributed by atoms with E-state index in [4.69, 9.17) is 4.74 Å². The van der Waals surface area contributed by atoms with Gasteiger partial charge in [-0.05, 0) is 61.6 Å². The molecule has 0 saturated heterocycles. The van der Waals surface area contributed by atoms with E-state index >= 15 is 0 Å². The standard InChI is InChI=1S/C19H25NOS/c1-5-15(2)20(17-8-10-18(21-3)11-9-17)14-16-6-12-19(22-4)13-7-16/h6-13,15H,5,14H2,1-4H3. The topological polar surface area (TPSA) is 12.5 Å². The minimum absolute atomic E-state index is 0.494. The van der Waals surface area contributed by atoms with E-state index in [0.717, 1.165) is 18.7 Å². The van der Waals surface area contributed by atoms with Crippen molar-refractivity contribution in [1.29, 1.82) is 0 Å². The van der Waals surface area contributed by atoms with E-state index in [9.17, 15) is 0 Å². The van der Waals surface area contributed by atoms with Gasteiger partial charge in [-0.25, -0.2) is 0 Å². The van der Waals surface area contributed by atoms with Crippen molar-refractivity contribution in [3.05, 3.63) is 54.1 Å². The first-order valence-electron chi connectivity index (χ1n) is 7.71. The second-order valence-corrected chi connectivity index (χ2v) is 6.31. The Morgan fingerprint density at radius 1 is 1.05 bits per heavy atom. The van der Waals surface area contributed by atoms with Gasteiger partial charge in [0, 0.05) is 23.2 Å². The Morgan fingerprint density at radius 2 is 1.68 bits per heavy atom. The monoisotopic (exact) mass is 315 g/mol. The van der Waals surface area contributed by atoms with Gasteiger partial charge in [-0.3, -0.25) is 0 Å². The van der Waals surface area contributed by atoms with Gasteiger partial charge in [0.15, 0.2) is 0 Å². The number of ether oxygens (including phenoxy) is 1. The van der Waals surface area contributed by atoms with Crippen molar-refractivity contribution >= 4 is 17.4 Å². The molecule has 0 aliphatic carbocycles. The molecule has 2 aromatic rings. The molecule has 2 rings (SSSR count). The number of methoxy groups -OCH3 is 1. The largest absolute Gasteiger partial charge is 0.497 e. The second-order valence-electron chi connectivity index (χ2n) is 5.43.